The number of ether oxygens (including phenoxy) is 6. The van der Waals surface area contributed by atoms with Gasteiger partial charge in [-0.1, -0.05) is 24.3 Å². The summed E-state index contributed by atoms with van der Waals surface area (Å²) >= 11 is 0. The number of hydrogen-bond donors (Lipinski definition) is 0. The van der Waals surface area contributed by atoms with Gasteiger partial charge in [0.25, 0.3) is 0 Å². The fourth-order valence-electron chi connectivity index (χ4n) is 3.79. The van der Waals surface area contributed by atoms with Crippen molar-refractivity contribution in [3.63, 3.8) is 0 Å². The molecule has 2 saturated heterocycles. The minimum atomic E-state index is 0.241. The maximum absolute atomic E-state index is 5.93. The monoisotopic (exact) mass is 458 g/mol. The first-order valence-electron chi connectivity index (χ1n) is 11.6. The van der Waals surface area contributed by atoms with Gasteiger partial charge in [-0.15, -0.1) is 0 Å². The lowest BCUT2D eigenvalue weighted by molar-refractivity contribution is 0.217. The van der Waals surface area contributed by atoms with E-state index in [1.807, 2.05) is 48.5 Å². The van der Waals surface area contributed by atoms with E-state index in [4.69, 9.17) is 28.4 Å². The zero-order valence-corrected chi connectivity index (χ0v) is 18.8. The number of benzene rings is 4. The minimum absolute atomic E-state index is 0.241. The predicted molar refractivity (Wildman–Crippen MR) is 129 cm³/mol. The first-order chi connectivity index (χ1) is 16.8. The van der Waals surface area contributed by atoms with Crippen LogP contribution in [-0.2, 0) is 9.47 Å². The van der Waals surface area contributed by atoms with Gasteiger partial charge < -0.3 is 28.4 Å². The van der Waals surface area contributed by atoms with E-state index in [1.165, 1.54) is 0 Å². The van der Waals surface area contributed by atoms with Crippen LogP contribution in [-0.4, -0.2) is 51.8 Å². The maximum atomic E-state index is 5.93. The van der Waals surface area contributed by atoms with Crippen molar-refractivity contribution in [3.8, 4) is 23.0 Å². The van der Waals surface area contributed by atoms with Crippen molar-refractivity contribution in [1.82, 2.24) is 0 Å². The molecule has 0 aromatic heterocycles. The molecule has 6 heteroatoms. The van der Waals surface area contributed by atoms with Crippen LogP contribution in [0.2, 0.25) is 0 Å². The van der Waals surface area contributed by atoms with Crippen molar-refractivity contribution < 1.29 is 28.4 Å². The highest BCUT2D eigenvalue weighted by Gasteiger charge is 2.23. The predicted octanol–water partition coefficient (Wildman–Crippen LogP) is 5.01. The molecule has 6 rings (SSSR count). The highest BCUT2D eigenvalue weighted by Crippen LogP contribution is 2.27. The third-order valence-electron chi connectivity index (χ3n) is 5.86. The van der Waals surface area contributed by atoms with Crippen molar-refractivity contribution >= 4 is 21.5 Å². The van der Waals surface area contributed by atoms with Gasteiger partial charge in [-0.05, 0) is 70.1 Å². The molecule has 34 heavy (non-hydrogen) atoms. The summed E-state index contributed by atoms with van der Waals surface area (Å²) in [5.74, 6) is 3.29. The average molecular weight is 459 g/mol. The van der Waals surface area contributed by atoms with E-state index < -0.39 is 0 Å². The Balaban J connectivity index is 1.03. The number of fused-ring (bicyclic) bond motifs is 2. The fraction of sp³-hybridized carbons (Fsp3) is 0.286. The lowest BCUT2D eigenvalue weighted by atomic mass is 10.1. The summed E-state index contributed by atoms with van der Waals surface area (Å²) in [5, 5.41) is 4.44. The highest BCUT2D eigenvalue weighted by molar-refractivity contribution is 5.86. The molecule has 2 atom stereocenters. The van der Waals surface area contributed by atoms with Gasteiger partial charge in [0.2, 0.25) is 0 Å². The zero-order valence-electron chi connectivity index (χ0n) is 18.8. The molecule has 0 amide bonds. The summed E-state index contributed by atoms with van der Waals surface area (Å²) in [7, 11) is 0. The fourth-order valence-corrected chi connectivity index (χ4v) is 3.79. The molecule has 0 saturated carbocycles. The summed E-state index contributed by atoms with van der Waals surface area (Å²) in [4.78, 5) is 0. The second-order valence-electron chi connectivity index (χ2n) is 8.57. The lowest BCUT2D eigenvalue weighted by Crippen LogP contribution is -2.09. The van der Waals surface area contributed by atoms with Crippen LogP contribution in [0, 0.1) is 0 Å². The molecule has 0 aliphatic carbocycles. The van der Waals surface area contributed by atoms with Gasteiger partial charge in [-0.25, -0.2) is 0 Å². The van der Waals surface area contributed by atoms with Crippen LogP contribution in [0.3, 0.4) is 0 Å². The number of epoxide rings is 2. The Morgan fingerprint density at radius 3 is 1.21 bits per heavy atom. The van der Waals surface area contributed by atoms with Crippen LogP contribution in [0.25, 0.3) is 21.5 Å². The number of hydrogen-bond acceptors (Lipinski definition) is 6. The van der Waals surface area contributed by atoms with E-state index in [0.29, 0.717) is 26.4 Å². The molecular formula is C28H26O6. The van der Waals surface area contributed by atoms with Crippen LogP contribution < -0.4 is 18.9 Å². The summed E-state index contributed by atoms with van der Waals surface area (Å²) < 4.78 is 33.9. The molecule has 6 nitrogen and oxygen atoms in total. The summed E-state index contributed by atoms with van der Waals surface area (Å²) in [6, 6.07) is 24.3. The van der Waals surface area contributed by atoms with Gasteiger partial charge >= 0.3 is 0 Å². The van der Waals surface area contributed by atoms with E-state index in [2.05, 4.69) is 24.3 Å². The van der Waals surface area contributed by atoms with E-state index in [9.17, 15) is 0 Å². The minimum Gasteiger partial charge on any atom is -0.491 e. The van der Waals surface area contributed by atoms with Crippen molar-refractivity contribution in [3.05, 3.63) is 72.8 Å². The molecule has 0 spiro atoms. The molecule has 2 fully saturated rings. The lowest BCUT2D eigenvalue weighted by Gasteiger charge is -2.11. The molecule has 4 aromatic rings. The molecule has 2 aliphatic heterocycles. The van der Waals surface area contributed by atoms with Crippen LogP contribution >= 0.6 is 0 Å². The molecule has 4 aromatic carbocycles. The SMILES string of the molecule is c1cc2ccc(OCC3CO3)cc2cc1OCCOc1ccc2ccc(OCC3CO3)cc2c1. The van der Waals surface area contributed by atoms with Gasteiger partial charge in [-0.2, -0.15) is 0 Å². The molecule has 2 heterocycles. The van der Waals surface area contributed by atoms with Crippen LogP contribution in [0.4, 0.5) is 0 Å². The second-order valence-corrected chi connectivity index (χ2v) is 8.57. The molecule has 0 bridgehead atoms. The van der Waals surface area contributed by atoms with Gasteiger partial charge in [0.15, 0.2) is 0 Å². The zero-order chi connectivity index (χ0) is 22.7. The summed E-state index contributed by atoms with van der Waals surface area (Å²) in [5.41, 5.74) is 0. The normalized spacial score (nSPS) is 18.6. The molecule has 174 valence electrons. The number of rotatable bonds is 11. The van der Waals surface area contributed by atoms with E-state index in [-0.39, 0.29) is 12.2 Å². The quantitative estimate of drug-likeness (QED) is 0.233. The van der Waals surface area contributed by atoms with Gasteiger partial charge in [0.1, 0.15) is 61.6 Å². The van der Waals surface area contributed by atoms with Crippen molar-refractivity contribution in [2.24, 2.45) is 0 Å². The third kappa shape index (κ3) is 5.35. The van der Waals surface area contributed by atoms with Crippen molar-refractivity contribution in [2.75, 3.05) is 39.6 Å². The van der Waals surface area contributed by atoms with Gasteiger partial charge in [0, 0.05) is 0 Å². The van der Waals surface area contributed by atoms with E-state index in [1.54, 1.807) is 0 Å². The summed E-state index contributed by atoms with van der Waals surface area (Å²) in [6.07, 6.45) is 0.483. The highest BCUT2D eigenvalue weighted by atomic mass is 16.6. The topological polar surface area (TPSA) is 62.0 Å². The maximum Gasteiger partial charge on any atom is 0.122 e. The van der Waals surface area contributed by atoms with Gasteiger partial charge in [0.05, 0.1) is 13.2 Å². The van der Waals surface area contributed by atoms with E-state index in [0.717, 1.165) is 57.8 Å². The smallest absolute Gasteiger partial charge is 0.122 e. The molecule has 2 unspecified atom stereocenters. The second kappa shape index (κ2) is 9.41. The Morgan fingerprint density at radius 2 is 0.853 bits per heavy atom. The van der Waals surface area contributed by atoms with E-state index >= 15 is 0 Å². The summed E-state index contributed by atoms with van der Waals surface area (Å²) in [6.45, 7) is 3.67. The molecule has 0 N–H and O–H groups in total. The molecule has 0 radical (unpaired) electrons. The van der Waals surface area contributed by atoms with Crippen molar-refractivity contribution in [2.45, 2.75) is 12.2 Å². The average Bonchev–Trinajstić information content (AvgIpc) is 3.79. The Morgan fingerprint density at radius 1 is 0.500 bits per heavy atom. The molecular weight excluding hydrogens is 432 g/mol. The Labute approximate surface area is 197 Å². The Kier molecular flexibility index (Phi) is 5.83. The van der Waals surface area contributed by atoms with Crippen molar-refractivity contribution in [1.29, 1.82) is 0 Å². The Bertz CT molecular complexity index is 1190. The standard InChI is InChI=1S/C28H26O6/c1-5-23(11-21-13-25(7-3-19(1)21)31-15-27-17-33-27)29-9-10-30-24-6-2-20-4-8-26(14-22(20)12-24)32-16-28-18-34-28/h1-8,11-14,27-28H,9-10,15-18H2. The largest absolute Gasteiger partial charge is 0.491 e. The molecule has 2 aliphatic rings. The van der Waals surface area contributed by atoms with Crippen LogP contribution in [0.1, 0.15) is 0 Å². The third-order valence-corrected chi connectivity index (χ3v) is 5.86. The Hall–Kier alpha value is -3.48. The first-order valence-corrected chi connectivity index (χ1v) is 11.6. The first kappa shape index (κ1) is 21.1. The van der Waals surface area contributed by atoms with Gasteiger partial charge in [-0.3, -0.25) is 0 Å². The van der Waals surface area contributed by atoms with Crippen LogP contribution in [0.5, 0.6) is 23.0 Å². The van der Waals surface area contributed by atoms with Crippen LogP contribution in [0.15, 0.2) is 72.8 Å².